The van der Waals surface area contributed by atoms with E-state index in [0.717, 1.165) is 22.5 Å². The molecule has 8 heteroatoms. The number of nitrogens with zero attached hydrogens (tertiary/aromatic N) is 3. The van der Waals surface area contributed by atoms with Gasteiger partial charge in [0.2, 0.25) is 12.7 Å². The van der Waals surface area contributed by atoms with Gasteiger partial charge >= 0.3 is 0 Å². The first-order valence-electron chi connectivity index (χ1n) is 12.9. The lowest BCUT2D eigenvalue weighted by Crippen LogP contribution is -2.37. The molecule has 0 aliphatic carbocycles. The normalized spacial score (nSPS) is 12.3. The third-order valence-corrected chi connectivity index (χ3v) is 6.48. The summed E-state index contributed by atoms with van der Waals surface area (Å²) in [4.78, 5) is 28.6. The molecule has 0 atom stereocenters. The Balaban J connectivity index is 1.42. The van der Waals surface area contributed by atoms with E-state index in [9.17, 15) is 9.59 Å². The van der Waals surface area contributed by atoms with Gasteiger partial charge in [-0.15, -0.1) is 0 Å². The van der Waals surface area contributed by atoms with Crippen LogP contribution in [-0.2, 0) is 16.8 Å². The number of carbonyl (C=O) groups is 2. The standard InChI is InChI=1S/C31H32N4O4/c1-21-10-13-24(14-11-21)35-28(17-27(33-35)31(2,3)4)32-29(36)19-34(18-22-8-6-5-7-9-22)30(37)23-12-15-25-26(16-23)39-20-38-25/h5-17H,18-20H2,1-4H3,(H,32,36). The molecule has 1 aliphatic rings. The van der Waals surface area contributed by atoms with Crippen LogP contribution in [0.4, 0.5) is 5.82 Å². The minimum absolute atomic E-state index is 0.119. The highest BCUT2D eigenvalue weighted by Gasteiger charge is 2.25. The van der Waals surface area contributed by atoms with Crippen LogP contribution in [0.1, 0.15) is 48.0 Å². The van der Waals surface area contributed by atoms with E-state index in [-0.39, 0.29) is 37.1 Å². The fourth-order valence-corrected chi connectivity index (χ4v) is 4.29. The number of benzene rings is 3. The lowest BCUT2D eigenvalue weighted by atomic mass is 9.92. The smallest absolute Gasteiger partial charge is 0.254 e. The fourth-order valence-electron chi connectivity index (χ4n) is 4.29. The minimum Gasteiger partial charge on any atom is -0.454 e. The Morgan fingerprint density at radius 3 is 2.38 bits per heavy atom. The molecule has 0 radical (unpaired) electrons. The number of amides is 2. The van der Waals surface area contributed by atoms with Crippen molar-refractivity contribution >= 4 is 17.6 Å². The van der Waals surface area contributed by atoms with Crippen LogP contribution >= 0.6 is 0 Å². The summed E-state index contributed by atoms with van der Waals surface area (Å²) in [6.07, 6.45) is 0. The zero-order valence-electron chi connectivity index (χ0n) is 22.6. The SMILES string of the molecule is Cc1ccc(-n2nc(C(C)(C)C)cc2NC(=O)CN(Cc2ccccc2)C(=O)c2ccc3c(c2)OCO3)cc1. The second kappa shape index (κ2) is 10.6. The molecule has 1 aromatic heterocycles. The number of rotatable bonds is 7. The summed E-state index contributed by atoms with van der Waals surface area (Å²) in [6, 6.07) is 24.5. The zero-order valence-corrected chi connectivity index (χ0v) is 22.6. The van der Waals surface area contributed by atoms with Crippen LogP contribution < -0.4 is 14.8 Å². The zero-order chi connectivity index (χ0) is 27.6. The Bertz CT molecular complexity index is 1490. The highest BCUT2D eigenvalue weighted by molar-refractivity contribution is 5.99. The van der Waals surface area contributed by atoms with E-state index >= 15 is 0 Å². The maximum atomic E-state index is 13.6. The van der Waals surface area contributed by atoms with E-state index in [1.807, 2.05) is 67.6 Å². The molecule has 0 spiro atoms. The lowest BCUT2D eigenvalue weighted by Gasteiger charge is -2.23. The number of aryl methyl sites for hydroxylation is 1. The second-order valence-electron chi connectivity index (χ2n) is 10.7. The Morgan fingerprint density at radius 2 is 1.67 bits per heavy atom. The third-order valence-electron chi connectivity index (χ3n) is 6.48. The van der Waals surface area contributed by atoms with E-state index in [0.29, 0.717) is 22.9 Å². The van der Waals surface area contributed by atoms with Gasteiger partial charge in [0.1, 0.15) is 12.4 Å². The van der Waals surface area contributed by atoms with Crippen LogP contribution in [0.2, 0.25) is 0 Å². The van der Waals surface area contributed by atoms with Crippen molar-refractivity contribution in [2.45, 2.75) is 39.7 Å². The molecule has 4 aromatic rings. The number of carbonyl (C=O) groups excluding carboxylic acids is 2. The molecular weight excluding hydrogens is 492 g/mol. The number of nitrogens with one attached hydrogen (secondary N) is 1. The van der Waals surface area contributed by atoms with Gasteiger partial charge in [0.15, 0.2) is 11.5 Å². The number of fused-ring (bicyclic) bond motifs is 1. The van der Waals surface area contributed by atoms with E-state index in [1.54, 1.807) is 22.9 Å². The van der Waals surface area contributed by atoms with Gasteiger partial charge in [0, 0.05) is 23.6 Å². The second-order valence-corrected chi connectivity index (χ2v) is 10.7. The van der Waals surface area contributed by atoms with Crippen molar-refractivity contribution in [3.8, 4) is 17.2 Å². The van der Waals surface area contributed by atoms with Gasteiger partial charge in [-0.1, -0.05) is 68.8 Å². The maximum absolute atomic E-state index is 13.6. The monoisotopic (exact) mass is 524 g/mol. The molecule has 0 saturated carbocycles. The maximum Gasteiger partial charge on any atom is 0.254 e. The van der Waals surface area contributed by atoms with Crippen molar-refractivity contribution < 1.29 is 19.1 Å². The summed E-state index contributed by atoms with van der Waals surface area (Å²) < 4.78 is 12.6. The fraction of sp³-hybridized carbons (Fsp3) is 0.258. The van der Waals surface area contributed by atoms with Crippen LogP contribution in [-0.4, -0.2) is 39.8 Å². The highest BCUT2D eigenvalue weighted by atomic mass is 16.7. The molecule has 5 rings (SSSR count). The minimum atomic E-state index is -0.325. The average molecular weight is 525 g/mol. The van der Waals surface area contributed by atoms with E-state index in [2.05, 4.69) is 26.1 Å². The first kappa shape index (κ1) is 26.0. The van der Waals surface area contributed by atoms with Crippen molar-refractivity contribution in [2.24, 2.45) is 0 Å². The summed E-state index contributed by atoms with van der Waals surface area (Å²) in [6.45, 7) is 8.49. The third kappa shape index (κ3) is 5.95. The molecule has 39 heavy (non-hydrogen) atoms. The predicted molar refractivity (Wildman–Crippen MR) is 149 cm³/mol. The molecule has 0 unspecified atom stereocenters. The molecule has 8 nitrogen and oxygen atoms in total. The van der Waals surface area contributed by atoms with Crippen molar-refractivity contribution in [1.29, 1.82) is 0 Å². The van der Waals surface area contributed by atoms with Crippen LogP contribution in [0.5, 0.6) is 11.5 Å². The number of ether oxygens (including phenoxy) is 2. The average Bonchev–Trinajstić information content (AvgIpc) is 3.56. The molecule has 0 fully saturated rings. The molecule has 1 aliphatic heterocycles. The molecular formula is C31H32N4O4. The van der Waals surface area contributed by atoms with Gasteiger partial charge in [0.25, 0.3) is 5.91 Å². The Hall–Kier alpha value is -4.59. The van der Waals surface area contributed by atoms with Crippen LogP contribution in [0.15, 0.2) is 78.9 Å². The molecule has 2 heterocycles. The molecule has 0 bridgehead atoms. The van der Waals surface area contributed by atoms with Crippen LogP contribution in [0.25, 0.3) is 5.69 Å². The van der Waals surface area contributed by atoms with Crippen molar-refractivity contribution in [3.63, 3.8) is 0 Å². The van der Waals surface area contributed by atoms with E-state index < -0.39 is 0 Å². The largest absolute Gasteiger partial charge is 0.454 e. The van der Waals surface area contributed by atoms with Crippen LogP contribution in [0.3, 0.4) is 0 Å². The van der Waals surface area contributed by atoms with Gasteiger partial charge in [-0.25, -0.2) is 4.68 Å². The van der Waals surface area contributed by atoms with Gasteiger partial charge in [-0.2, -0.15) is 5.10 Å². The first-order chi connectivity index (χ1) is 18.7. The quantitative estimate of drug-likeness (QED) is 0.346. The summed E-state index contributed by atoms with van der Waals surface area (Å²) >= 11 is 0. The van der Waals surface area contributed by atoms with Gasteiger partial charge < -0.3 is 19.7 Å². The summed E-state index contributed by atoms with van der Waals surface area (Å²) in [5.74, 6) is 1.05. The number of anilines is 1. The van der Waals surface area contributed by atoms with Gasteiger partial charge in [0.05, 0.1) is 11.4 Å². The molecule has 2 amide bonds. The van der Waals surface area contributed by atoms with E-state index in [4.69, 9.17) is 14.6 Å². The lowest BCUT2D eigenvalue weighted by molar-refractivity contribution is -0.117. The van der Waals surface area contributed by atoms with Crippen molar-refractivity contribution in [3.05, 3.63) is 101 Å². The molecule has 1 N–H and O–H groups in total. The number of aromatic nitrogens is 2. The van der Waals surface area contributed by atoms with Crippen LogP contribution in [0, 0.1) is 6.92 Å². The predicted octanol–water partition coefficient (Wildman–Crippen LogP) is 5.49. The summed E-state index contributed by atoms with van der Waals surface area (Å²) in [5.41, 5.74) is 3.93. The molecule has 3 aromatic carbocycles. The topological polar surface area (TPSA) is 85.7 Å². The Labute approximate surface area is 228 Å². The van der Waals surface area contributed by atoms with Crippen molar-refractivity contribution in [2.75, 3.05) is 18.7 Å². The highest BCUT2D eigenvalue weighted by Crippen LogP contribution is 2.33. The summed E-state index contributed by atoms with van der Waals surface area (Å²) in [5, 5.41) is 7.80. The molecule has 200 valence electrons. The van der Waals surface area contributed by atoms with Crippen molar-refractivity contribution in [1.82, 2.24) is 14.7 Å². The van der Waals surface area contributed by atoms with Gasteiger partial charge in [-0.05, 0) is 42.8 Å². The summed E-state index contributed by atoms with van der Waals surface area (Å²) in [7, 11) is 0. The van der Waals surface area contributed by atoms with E-state index in [1.165, 1.54) is 4.90 Å². The molecule has 0 saturated heterocycles. The first-order valence-corrected chi connectivity index (χ1v) is 12.9. The number of hydrogen-bond acceptors (Lipinski definition) is 5. The Kier molecular flexibility index (Phi) is 7.11. The number of hydrogen-bond donors (Lipinski definition) is 1. The Morgan fingerprint density at radius 1 is 0.949 bits per heavy atom. The van der Waals surface area contributed by atoms with Gasteiger partial charge in [-0.3, -0.25) is 9.59 Å².